The van der Waals surface area contributed by atoms with Crippen LogP contribution in [0.2, 0.25) is 5.02 Å². The monoisotopic (exact) mass is 401 g/mol. The summed E-state index contributed by atoms with van der Waals surface area (Å²) in [5, 5.41) is 8.18. The molecule has 0 saturated carbocycles. The van der Waals surface area contributed by atoms with E-state index in [1.54, 1.807) is 35.3 Å². The molecule has 0 fully saturated rings. The Hall–Kier alpha value is -2.38. The Morgan fingerprint density at radius 1 is 1.19 bits per heavy atom. The minimum Gasteiger partial charge on any atom is -0.310 e. The van der Waals surface area contributed by atoms with Crippen molar-refractivity contribution in [2.75, 3.05) is 11.1 Å². The van der Waals surface area contributed by atoms with Crippen LogP contribution in [0.15, 0.2) is 53.7 Å². The van der Waals surface area contributed by atoms with Crippen LogP contribution < -0.4 is 5.32 Å². The minimum absolute atomic E-state index is 0.132. The molecule has 0 radical (unpaired) electrons. The molecular formula is C19H20ClN5OS. The van der Waals surface area contributed by atoms with E-state index in [0.717, 1.165) is 10.6 Å². The van der Waals surface area contributed by atoms with Crippen LogP contribution in [0, 0.1) is 0 Å². The van der Waals surface area contributed by atoms with Gasteiger partial charge in [-0.3, -0.25) is 4.79 Å². The molecule has 3 rings (SSSR count). The molecule has 2 aromatic heterocycles. The Morgan fingerprint density at radius 2 is 1.85 bits per heavy atom. The van der Waals surface area contributed by atoms with Crippen LogP contribution in [0.25, 0.3) is 5.95 Å². The van der Waals surface area contributed by atoms with E-state index >= 15 is 0 Å². The van der Waals surface area contributed by atoms with Gasteiger partial charge in [0, 0.05) is 33.8 Å². The molecule has 27 heavy (non-hydrogen) atoms. The van der Waals surface area contributed by atoms with Gasteiger partial charge in [-0.25, -0.2) is 9.97 Å². The molecule has 1 N–H and O–H groups in total. The molecule has 0 spiro atoms. The van der Waals surface area contributed by atoms with Crippen molar-refractivity contribution in [2.45, 2.75) is 31.1 Å². The van der Waals surface area contributed by atoms with Gasteiger partial charge in [-0.1, -0.05) is 32.4 Å². The van der Waals surface area contributed by atoms with Gasteiger partial charge in [-0.05, 0) is 30.3 Å². The Balaban J connectivity index is 1.77. The van der Waals surface area contributed by atoms with Gasteiger partial charge in [0.1, 0.15) is 5.82 Å². The lowest BCUT2D eigenvalue weighted by atomic mass is 9.92. The minimum atomic E-state index is -0.169. The molecule has 0 aliphatic carbocycles. The Bertz CT molecular complexity index is 920. The molecule has 1 amide bonds. The highest BCUT2D eigenvalue weighted by Crippen LogP contribution is 2.26. The summed E-state index contributed by atoms with van der Waals surface area (Å²) in [6.07, 6.45) is 3.28. The maximum Gasteiger partial charge on any atom is 0.252 e. The number of nitrogens with one attached hydrogen (secondary N) is 1. The second-order valence-electron chi connectivity index (χ2n) is 6.92. The van der Waals surface area contributed by atoms with Crippen molar-refractivity contribution in [2.24, 2.45) is 0 Å². The van der Waals surface area contributed by atoms with Crippen LogP contribution in [-0.2, 0) is 10.2 Å². The number of halogens is 1. The molecule has 140 valence electrons. The van der Waals surface area contributed by atoms with Gasteiger partial charge in [0.05, 0.1) is 11.4 Å². The number of hydrogen-bond donors (Lipinski definition) is 1. The van der Waals surface area contributed by atoms with Gasteiger partial charge in [0.25, 0.3) is 5.95 Å². The molecule has 0 aliphatic rings. The Morgan fingerprint density at radius 3 is 2.48 bits per heavy atom. The van der Waals surface area contributed by atoms with Gasteiger partial charge in [-0.2, -0.15) is 9.78 Å². The molecule has 0 saturated heterocycles. The lowest BCUT2D eigenvalue weighted by molar-refractivity contribution is -0.113. The molecule has 0 aliphatic heterocycles. The fourth-order valence-electron chi connectivity index (χ4n) is 2.25. The maximum atomic E-state index is 12.5. The Labute approximate surface area is 167 Å². The zero-order chi connectivity index (χ0) is 19.4. The van der Waals surface area contributed by atoms with Crippen molar-refractivity contribution in [3.63, 3.8) is 0 Å². The summed E-state index contributed by atoms with van der Waals surface area (Å²) in [7, 11) is 0. The predicted molar refractivity (Wildman–Crippen MR) is 109 cm³/mol. The molecule has 0 atom stereocenters. The summed E-state index contributed by atoms with van der Waals surface area (Å²) in [4.78, 5) is 21.9. The summed E-state index contributed by atoms with van der Waals surface area (Å²) >= 11 is 7.33. The first-order chi connectivity index (χ1) is 12.8. The zero-order valence-electron chi connectivity index (χ0n) is 15.3. The number of anilines is 1. The first-order valence-electron chi connectivity index (χ1n) is 8.39. The van der Waals surface area contributed by atoms with Gasteiger partial charge < -0.3 is 5.32 Å². The summed E-state index contributed by atoms with van der Waals surface area (Å²) in [5.41, 5.74) is 0.674. The number of amides is 1. The van der Waals surface area contributed by atoms with E-state index in [9.17, 15) is 4.79 Å². The summed E-state index contributed by atoms with van der Waals surface area (Å²) in [6.45, 7) is 6.19. The van der Waals surface area contributed by atoms with Gasteiger partial charge in [0.15, 0.2) is 0 Å². The van der Waals surface area contributed by atoms with E-state index in [0.29, 0.717) is 16.8 Å². The lowest BCUT2D eigenvalue weighted by Crippen LogP contribution is -2.17. The van der Waals surface area contributed by atoms with Crippen molar-refractivity contribution < 1.29 is 4.79 Å². The summed E-state index contributed by atoms with van der Waals surface area (Å²) in [6, 6.07) is 11.0. The summed E-state index contributed by atoms with van der Waals surface area (Å²) < 4.78 is 1.56. The predicted octanol–water partition coefficient (Wildman–Crippen LogP) is 4.34. The average Bonchev–Trinajstić information content (AvgIpc) is 3.06. The van der Waals surface area contributed by atoms with Crippen LogP contribution in [0.1, 0.15) is 26.5 Å². The lowest BCUT2D eigenvalue weighted by Gasteiger charge is -2.13. The third-order valence-corrected chi connectivity index (χ3v) is 4.93. The smallest absolute Gasteiger partial charge is 0.252 e. The van der Waals surface area contributed by atoms with E-state index < -0.39 is 0 Å². The van der Waals surface area contributed by atoms with E-state index in [4.69, 9.17) is 11.6 Å². The molecule has 2 heterocycles. The molecule has 0 unspecified atom stereocenters. The van der Waals surface area contributed by atoms with Gasteiger partial charge in [-0.15, -0.1) is 11.8 Å². The maximum absolute atomic E-state index is 12.5. The van der Waals surface area contributed by atoms with Gasteiger partial charge >= 0.3 is 0 Å². The molecular weight excluding hydrogens is 382 g/mol. The van der Waals surface area contributed by atoms with E-state index in [-0.39, 0.29) is 17.1 Å². The van der Waals surface area contributed by atoms with Crippen LogP contribution >= 0.6 is 23.4 Å². The number of rotatable bonds is 5. The molecule has 1 aromatic carbocycles. The normalized spacial score (nSPS) is 11.4. The number of nitrogens with zero attached hydrogens (tertiary/aromatic N) is 4. The third kappa shape index (κ3) is 5.08. The third-order valence-electron chi connectivity index (χ3n) is 3.67. The van der Waals surface area contributed by atoms with Crippen LogP contribution in [0.4, 0.5) is 5.82 Å². The molecule has 8 heteroatoms. The van der Waals surface area contributed by atoms with Crippen molar-refractivity contribution in [3.8, 4) is 5.95 Å². The van der Waals surface area contributed by atoms with Crippen molar-refractivity contribution in [3.05, 3.63) is 59.5 Å². The van der Waals surface area contributed by atoms with Crippen molar-refractivity contribution in [1.82, 2.24) is 19.7 Å². The highest BCUT2D eigenvalue weighted by molar-refractivity contribution is 8.00. The molecule has 0 bridgehead atoms. The topological polar surface area (TPSA) is 72.7 Å². The first-order valence-corrected chi connectivity index (χ1v) is 9.75. The van der Waals surface area contributed by atoms with E-state index in [1.165, 1.54) is 11.8 Å². The number of carbonyl (C=O) groups is 1. The molecule has 3 aromatic rings. The van der Waals surface area contributed by atoms with Crippen molar-refractivity contribution in [1.29, 1.82) is 0 Å². The molecule has 6 nitrogen and oxygen atoms in total. The van der Waals surface area contributed by atoms with E-state index in [2.05, 4.69) is 41.2 Å². The number of aromatic nitrogens is 4. The average molecular weight is 402 g/mol. The van der Waals surface area contributed by atoms with Crippen molar-refractivity contribution >= 4 is 35.1 Å². The van der Waals surface area contributed by atoms with Gasteiger partial charge in [0.2, 0.25) is 5.91 Å². The van der Waals surface area contributed by atoms with E-state index in [1.807, 2.05) is 18.2 Å². The number of hydrogen-bond acceptors (Lipinski definition) is 5. The zero-order valence-corrected chi connectivity index (χ0v) is 16.9. The van der Waals surface area contributed by atoms with Crippen LogP contribution in [0.3, 0.4) is 0 Å². The highest BCUT2D eigenvalue weighted by atomic mass is 35.5. The fourth-order valence-corrected chi connectivity index (χ4v) is 3.07. The highest BCUT2D eigenvalue weighted by Gasteiger charge is 2.22. The fraction of sp³-hybridized carbons (Fsp3) is 0.263. The quantitative estimate of drug-likeness (QED) is 0.643. The second-order valence-corrected chi connectivity index (χ2v) is 8.40. The number of thioether (sulfide) groups is 1. The standard InChI is InChI=1S/C19H20ClN5OS/c1-19(2,3)15-11-16(25(24-15)18-21-9-4-10-22-18)23-17(26)12-27-14-7-5-13(20)6-8-14/h4-11H,12H2,1-3H3,(H,23,26). The largest absolute Gasteiger partial charge is 0.310 e. The van der Waals surface area contributed by atoms with Crippen LogP contribution in [0.5, 0.6) is 0 Å². The number of carbonyl (C=O) groups excluding carboxylic acids is 1. The SMILES string of the molecule is CC(C)(C)c1cc(NC(=O)CSc2ccc(Cl)cc2)n(-c2ncccn2)n1. The first kappa shape index (κ1) is 19.4. The Kier molecular flexibility index (Phi) is 5.82. The summed E-state index contributed by atoms with van der Waals surface area (Å²) in [5.74, 6) is 1.10. The van der Waals surface area contributed by atoms with Crippen LogP contribution in [-0.4, -0.2) is 31.4 Å². The second kappa shape index (κ2) is 8.10. The number of benzene rings is 1.